The van der Waals surface area contributed by atoms with Crippen molar-refractivity contribution in [1.29, 1.82) is 0 Å². The van der Waals surface area contributed by atoms with Gasteiger partial charge in [-0.05, 0) is 149 Å². The molecule has 8 heterocycles. The number of hydrogen-bond donors (Lipinski definition) is 4. The summed E-state index contributed by atoms with van der Waals surface area (Å²) < 4.78 is 141. The number of aliphatic hydroxyl groups excluding tert-OH is 1. The van der Waals surface area contributed by atoms with Crippen molar-refractivity contribution in [3.8, 4) is 22.7 Å². The summed E-state index contributed by atoms with van der Waals surface area (Å²) in [6.07, 6.45) is 12.1. The molecule has 11 rings (SSSR count). The van der Waals surface area contributed by atoms with Crippen LogP contribution in [-0.4, -0.2) is 321 Å². The minimum absolute atomic E-state index is 0.00174. The first-order chi connectivity index (χ1) is 69.4. The molecule has 4 N–H and O–H groups in total. The zero-order chi connectivity index (χ0) is 103. The van der Waals surface area contributed by atoms with Gasteiger partial charge in [0.05, 0.1) is 171 Å². The van der Waals surface area contributed by atoms with Crippen molar-refractivity contribution in [2.75, 3.05) is 190 Å². The summed E-state index contributed by atoms with van der Waals surface area (Å²) >= 11 is 0. The maximum absolute atomic E-state index is 15.1. The van der Waals surface area contributed by atoms with Crippen LogP contribution < -0.4 is 30.9 Å². The summed E-state index contributed by atoms with van der Waals surface area (Å²) in [5.41, 5.74) is 3.64. The fraction of sp³-hybridized carbons (Fsp3) is 0.629. The van der Waals surface area contributed by atoms with Gasteiger partial charge in [-0.1, -0.05) is 77.1 Å². The van der Waals surface area contributed by atoms with Crippen LogP contribution in [-0.2, 0) is 115 Å². The monoisotopic (exact) mass is 2020 g/mol. The van der Waals surface area contributed by atoms with Crippen molar-refractivity contribution in [2.24, 2.45) is 42.6 Å². The zero-order valence-corrected chi connectivity index (χ0v) is 85.5. The number of carbonyl (C=O) groups is 6. The van der Waals surface area contributed by atoms with Crippen LogP contribution in [0, 0.1) is 35.5 Å². The molecular formula is C105H148F3N11O25. The number of halogens is 3. The van der Waals surface area contributed by atoms with Gasteiger partial charge in [-0.25, -0.2) is 29.3 Å². The van der Waals surface area contributed by atoms with Crippen LogP contribution in [0.4, 0.5) is 29.6 Å². The molecule has 6 aromatic rings. The molecule has 4 fully saturated rings. The number of pyridine rings is 2. The number of piperidine rings is 1. The molecular weight excluding hydrogens is 1870 g/mol. The summed E-state index contributed by atoms with van der Waals surface area (Å²) in [6, 6.07) is 11.9. The standard InChI is InChI=1S/C105H148F3N11O25/c1-68-19-15-14-16-20-69(2)88(129-9)61-80-27-22-74(7)104(128,144-80)98(123)99(124)118-34-18-17-21-85(118)100(125)142-90(62-89(130-10)70(3)56-73(6)96(122)97(133-13)95(121)72(5)55-68)71(4)57-75-23-30-87(91(58-75)131-11)143-102(126)109-33-40-135-42-44-137-46-48-139-50-52-141-54-53-140-51-49-138-47-45-136-43-41-134-39-32-92(120)111-63-76-64-113-101(114-65-76)117-37-35-116(36-38-117)84-29-26-79(60-82(84)105(106,107)108)119-94-81-59-77(78-25-31-93(132-12)112-66-78)24-28-83(81)110-67-86(94)115(8)103(119)127/h14-16,19-20,24-26,28-29,31,56,59-60,64-68,70-72,74-75,80,85,87-91,96-97,122,128H,17-18,21-23,27,30,32-55,57-58,61-63H2,1-13H3,(H,109,126)(H,111,120)/b16-14+,19-15+,69-20+,73-56+/t68-,70-,71-,72?,74-,75?,80+,85+,87-,88?,89-,90+,91-,96-,97+,104-/m1/s1. The summed E-state index contributed by atoms with van der Waals surface area (Å²) in [5, 5.41) is 30.2. The third kappa shape index (κ3) is 32.5. The number of nitrogens with zero attached hydrogens (tertiary/aromatic N) is 9. The third-order valence-corrected chi connectivity index (χ3v) is 27.6. The van der Waals surface area contributed by atoms with Crippen molar-refractivity contribution in [1.82, 2.24) is 44.6 Å². The second-order valence-corrected chi connectivity index (χ2v) is 37.8. The van der Waals surface area contributed by atoms with Crippen molar-refractivity contribution >= 4 is 69.0 Å². The number of imidazole rings is 1. The van der Waals surface area contributed by atoms with E-state index in [1.54, 1.807) is 90.1 Å². The lowest BCUT2D eigenvalue weighted by atomic mass is 9.78. The number of alkyl carbamates (subject to hydrolysis) is 1. The number of nitrogens with one attached hydrogen (secondary N) is 2. The van der Waals surface area contributed by atoms with Gasteiger partial charge in [0.25, 0.3) is 11.7 Å². The Hall–Kier alpha value is -10.1. The van der Waals surface area contributed by atoms with E-state index in [1.165, 1.54) is 34.3 Å². The number of ketones is 2. The van der Waals surface area contributed by atoms with E-state index in [1.807, 2.05) is 94.2 Å². The number of piperazine rings is 1. The number of aliphatic hydroxyl groups is 2. The van der Waals surface area contributed by atoms with Gasteiger partial charge in [0, 0.05) is 165 Å². The Balaban J connectivity index is 0.504. The molecule has 1 saturated carbocycles. The average molecular weight is 2020 g/mol. The molecule has 0 radical (unpaired) electrons. The molecule has 2 bridgehead atoms. The molecule has 39 heteroatoms. The number of rotatable bonds is 42. The quantitative estimate of drug-likeness (QED) is 0.0120. The normalized spacial score (nSPS) is 25.9. The predicted octanol–water partition coefficient (Wildman–Crippen LogP) is 11.6. The molecule has 794 valence electrons. The summed E-state index contributed by atoms with van der Waals surface area (Å²) in [6.45, 7) is 20.0. The van der Waals surface area contributed by atoms with Crippen molar-refractivity contribution < 1.29 is 128 Å². The van der Waals surface area contributed by atoms with E-state index in [0.29, 0.717) is 208 Å². The Morgan fingerprint density at radius 3 is 1.88 bits per heavy atom. The number of alkyl halides is 3. The summed E-state index contributed by atoms with van der Waals surface area (Å²) in [4.78, 5) is 121. The highest BCUT2D eigenvalue weighted by Crippen LogP contribution is 2.43. The van der Waals surface area contributed by atoms with Crippen LogP contribution >= 0.6 is 0 Å². The molecule has 3 saturated heterocycles. The van der Waals surface area contributed by atoms with Gasteiger partial charge in [-0.15, -0.1) is 0 Å². The molecule has 1 aliphatic carbocycles. The van der Waals surface area contributed by atoms with Gasteiger partial charge in [0.2, 0.25) is 23.5 Å². The molecule has 4 aliphatic heterocycles. The van der Waals surface area contributed by atoms with Crippen LogP contribution in [0.5, 0.6) is 5.88 Å². The lowest BCUT2D eigenvalue weighted by Gasteiger charge is -2.43. The second kappa shape index (κ2) is 57.3. The van der Waals surface area contributed by atoms with Gasteiger partial charge in [0.1, 0.15) is 30.5 Å². The molecule has 5 aliphatic rings. The number of anilines is 2. The number of hydrogen-bond acceptors (Lipinski definition) is 31. The highest BCUT2D eigenvalue weighted by molar-refractivity contribution is 6.39. The van der Waals surface area contributed by atoms with Crippen LogP contribution in [0.1, 0.15) is 143 Å². The highest BCUT2D eigenvalue weighted by Gasteiger charge is 2.54. The average Bonchev–Trinajstić information content (AvgIpc) is 1.58. The number of aryl methyl sites for hydroxylation is 1. The minimum atomic E-state index is -4.75. The molecule has 3 unspecified atom stereocenters. The number of benzene rings is 2. The van der Waals surface area contributed by atoms with Gasteiger partial charge < -0.3 is 111 Å². The molecule has 144 heavy (non-hydrogen) atoms. The maximum Gasteiger partial charge on any atom is 0.418 e. The maximum atomic E-state index is 15.1. The fourth-order valence-corrected chi connectivity index (χ4v) is 19.2. The molecule has 16 atom stereocenters. The lowest BCUT2D eigenvalue weighted by Crippen LogP contribution is -2.61. The number of cyclic esters (lactones) is 1. The number of Topliss-reactive ketones (excluding diaryl/α,β-unsaturated/α-hetero) is 2. The van der Waals surface area contributed by atoms with Gasteiger partial charge >= 0.3 is 23.9 Å². The molecule has 3 amide bonds. The predicted molar refractivity (Wildman–Crippen MR) is 531 cm³/mol. The summed E-state index contributed by atoms with van der Waals surface area (Å²) in [7, 11) is 9.21. The van der Waals surface area contributed by atoms with Crippen LogP contribution in [0.3, 0.4) is 0 Å². The van der Waals surface area contributed by atoms with Gasteiger partial charge in [-0.3, -0.25) is 33.3 Å². The van der Waals surface area contributed by atoms with E-state index in [-0.39, 0.29) is 113 Å². The van der Waals surface area contributed by atoms with Crippen LogP contribution in [0.25, 0.3) is 38.8 Å². The van der Waals surface area contributed by atoms with Crippen molar-refractivity contribution in [3.05, 3.63) is 143 Å². The fourth-order valence-electron chi connectivity index (χ4n) is 19.2. The van der Waals surface area contributed by atoms with E-state index in [2.05, 4.69) is 30.6 Å². The molecule has 0 spiro atoms. The first-order valence-electron chi connectivity index (χ1n) is 50.2. The Bertz CT molecular complexity index is 5270. The SMILES string of the molecule is COc1ccc(-c2ccc3ncc4c(c3c2)n(-c2ccc(N3CCN(c5ncc(CNC(=O)CCOCCOCCOCCOCCOCCOCCOCCOCCNC(=O)O[C@@H]6CCC(C[C@@H](C)[C@@H]7C[C@@H](OC)[C@H](C)/C=C(\C)[C@@H](O)[C@@H](OC)C(=O)C(C)C[C@H](C)/C=C/C=C/C=C(\C)C(OC)C[C@@H]8CC[C@@H](C)[C@@](O)(O8)C(=O)C(=O)N8CCCC[C@H]8C(=O)O7)C[C@H]6OC)cn5)CC3)c(C(F)(F)F)c2)c(=O)n4C)cn1. The van der Waals surface area contributed by atoms with E-state index in [0.717, 1.165) is 22.8 Å². The van der Waals surface area contributed by atoms with E-state index in [4.69, 9.17) is 75.8 Å². The lowest BCUT2D eigenvalue weighted by molar-refractivity contribution is -0.265. The summed E-state index contributed by atoms with van der Waals surface area (Å²) in [5.74, 6) is -6.81. The van der Waals surface area contributed by atoms with E-state index < -0.39 is 120 Å². The molecule has 36 nitrogen and oxygen atoms in total. The Morgan fingerprint density at radius 1 is 0.625 bits per heavy atom. The molecule has 2 aromatic carbocycles. The zero-order valence-electron chi connectivity index (χ0n) is 85.5. The third-order valence-electron chi connectivity index (χ3n) is 27.6. The van der Waals surface area contributed by atoms with Gasteiger partial charge in [-0.2, -0.15) is 13.2 Å². The Kier molecular flexibility index (Phi) is 45.5. The first kappa shape index (κ1) is 114. The Labute approximate surface area is 841 Å². The van der Waals surface area contributed by atoms with E-state index >= 15 is 13.2 Å². The number of carbonyl (C=O) groups excluding carboxylic acids is 6. The van der Waals surface area contributed by atoms with E-state index in [9.17, 15) is 43.8 Å². The molecule has 4 aromatic heterocycles. The van der Waals surface area contributed by atoms with Gasteiger partial charge in [0.15, 0.2) is 5.78 Å². The van der Waals surface area contributed by atoms with Crippen molar-refractivity contribution in [3.63, 3.8) is 0 Å². The number of esters is 1. The minimum Gasteiger partial charge on any atom is -0.481 e. The smallest absolute Gasteiger partial charge is 0.418 e. The highest BCUT2D eigenvalue weighted by atomic mass is 19.4. The first-order valence-corrected chi connectivity index (χ1v) is 50.2. The second-order valence-electron chi connectivity index (χ2n) is 37.8. The number of allylic oxidation sites excluding steroid dienone is 5. The number of fused-ring (bicyclic) bond motifs is 6. The van der Waals surface area contributed by atoms with Crippen LogP contribution in [0.2, 0.25) is 0 Å². The number of ether oxygens (including phenoxy) is 16. The number of aromatic nitrogens is 6. The number of methoxy groups -OCH3 is 5. The largest absolute Gasteiger partial charge is 0.481 e. The van der Waals surface area contributed by atoms with Crippen LogP contribution in [0.15, 0.2) is 126 Å². The number of amides is 3. The van der Waals surface area contributed by atoms with Crippen molar-refractivity contribution in [2.45, 2.75) is 205 Å². The Morgan fingerprint density at radius 2 is 1.26 bits per heavy atom. The topological polar surface area (TPSA) is 403 Å².